The maximum Gasteiger partial charge on any atom is 0.407 e. The number of nitrogens with one attached hydrogen (secondary N) is 1. The van der Waals surface area contributed by atoms with Crippen molar-refractivity contribution < 1.29 is 32.5 Å². The van der Waals surface area contributed by atoms with E-state index in [-0.39, 0.29) is 44.3 Å². The highest BCUT2D eigenvalue weighted by Crippen LogP contribution is 2.23. The first-order valence-corrected chi connectivity index (χ1v) is 7.88. The van der Waals surface area contributed by atoms with Crippen molar-refractivity contribution in [1.29, 1.82) is 0 Å². The van der Waals surface area contributed by atoms with E-state index in [0.717, 1.165) is 0 Å². The standard InChI is InChI=1S/C17H25F2NO5/c1-17(2,3)25-16(21)20-7-8-23-9-10-24-13-6-5-12(11-22-4)14(18)15(13)19/h5-6H,7-11H2,1-4H3,(H,20,21). The minimum atomic E-state index is -1.05. The molecule has 0 spiro atoms. The third-order valence-electron chi connectivity index (χ3n) is 2.83. The Hall–Kier alpha value is -1.93. The molecule has 1 N–H and O–H groups in total. The Balaban J connectivity index is 2.22. The zero-order valence-electron chi connectivity index (χ0n) is 15.0. The summed E-state index contributed by atoms with van der Waals surface area (Å²) in [5.41, 5.74) is -0.437. The molecule has 0 radical (unpaired) electrons. The SMILES string of the molecule is COCc1ccc(OCCOCCNC(=O)OC(C)(C)C)c(F)c1F. The molecule has 25 heavy (non-hydrogen) atoms. The average molecular weight is 361 g/mol. The first-order valence-electron chi connectivity index (χ1n) is 7.88. The summed E-state index contributed by atoms with van der Waals surface area (Å²) in [4.78, 5) is 11.4. The van der Waals surface area contributed by atoms with Gasteiger partial charge in [-0.15, -0.1) is 0 Å². The molecule has 0 heterocycles. The third-order valence-corrected chi connectivity index (χ3v) is 2.83. The van der Waals surface area contributed by atoms with Gasteiger partial charge in [0.1, 0.15) is 12.2 Å². The second kappa shape index (κ2) is 10.1. The molecule has 1 aromatic carbocycles. The van der Waals surface area contributed by atoms with E-state index < -0.39 is 23.3 Å². The van der Waals surface area contributed by atoms with Gasteiger partial charge in [-0.05, 0) is 32.9 Å². The normalized spacial score (nSPS) is 11.3. The quantitative estimate of drug-likeness (QED) is 0.685. The summed E-state index contributed by atoms with van der Waals surface area (Å²) in [5.74, 6) is -2.23. The number of rotatable bonds is 9. The Morgan fingerprint density at radius 2 is 1.84 bits per heavy atom. The summed E-state index contributed by atoms with van der Waals surface area (Å²) in [5, 5.41) is 2.53. The van der Waals surface area contributed by atoms with Crippen LogP contribution in [0.2, 0.25) is 0 Å². The Bertz CT molecular complexity index is 561. The van der Waals surface area contributed by atoms with Crippen LogP contribution < -0.4 is 10.1 Å². The van der Waals surface area contributed by atoms with Crippen LogP contribution in [0.15, 0.2) is 12.1 Å². The summed E-state index contributed by atoms with van der Waals surface area (Å²) in [6.45, 7) is 6.01. The van der Waals surface area contributed by atoms with Crippen molar-refractivity contribution in [1.82, 2.24) is 5.32 Å². The summed E-state index contributed by atoms with van der Waals surface area (Å²) in [6, 6.07) is 2.75. The Morgan fingerprint density at radius 1 is 1.12 bits per heavy atom. The molecule has 0 aromatic heterocycles. The molecule has 0 unspecified atom stereocenters. The number of ether oxygens (including phenoxy) is 4. The maximum absolute atomic E-state index is 13.8. The molecular formula is C17H25F2NO5. The van der Waals surface area contributed by atoms with Gasteiger partial charge in [-0.2, -0.15) is 4.39 Å². The number of amides is 1. The summed E-state index contributed by atoms with van der Waals surface area (Å²) >= 11 is 0. The molecule has 1 aromatic rings. The summed E-state index contributed by atoms with van der Waals surface area (Å²) < 4.78 is 47.7. The van der Waals surface area contributed by atoms with E-state index in [1.807, 2.05) is 0 Å². The first kappa shape index (κ1) is 21.1. The number of carbonyl (C=O) groups is 1. The second-order valence-corrected chi connectivity index (χ2v) is 6.17. The molecule has 0 saturated heterocycles. The van der Waals surface area contributed by atoms with Gasteiger partial charge in [0.25, 0.3) is 0 Å². The highest BCUT2D eigenvalue weighted by atomic mass is 19.2. The molecule has 1 amide bonds. The number of methoxy groups -OCH3 is 1. The second-order valence-electron chi connectivity index (χ2n) is 6.17. The molecule has 0 bridgehead atoms. The van der Waals surface area contributed by atoms with Gasteiger partial charge in [-0.1, -0.05) is 0 Å². The predicted molar refractivity (Wildman–Crippen MR) is 87.6 cm³/mol. The van der Waals surface area contributed by atoms with Crippen molar-refractivity contribution in [2.45, 2.75) is 33.0 Å². The lowest BCUT2D eigenvalue weighted by atomic mass is 10.2. The van der Waals surface area contributed by atoms with Gasteiger partial charge in [0.2, 0.25) is 5.82 Å². The van der Waals surface area contributed by atoms with Crippen LogP contribution in [0.3, 0.4) is 0 Å². The average Bonchev–Trinajstić information content (AvgIpc) is 2.51. The first-order chi connectivity index (χ1) is 11.7. The fourth-order valence-electron chi connectivity index (χ4n) is 1.80. The van der Waals surface area contributed by atoms with Crippen LogP contribution in [-0.2, 0) is 20.8 Å². The van der Waals surface area contributed by atoms with Gasteiger partial charge in [-0.25, -0.2) is 9.18 Å². The number of alkyl carbamates (subject to hydrolysis) is 1. The van der Waals surface area contributed by atoms with E-state index in [2.05, 4.69) is 5.32 Å². The fraction of sp³-hybridized carbons (Fsp3) is 0.588. The lowest BCUT2D eigenvalue weighted by molar-refractivity contribution is 0.0488. The highest BCUT2D eigenvalue weighted by Gasteiger charge is 2.16. The molecule has 0 aliphatic rings. The monoisotopic (exact) mass is 361 g/mol. The van der Waals surface area contributed by atoms with Crippen LogP contribution in [0.1, 0.15) is 26.3 Å². The van der Waals surface area contributed by atoms with Crippen LogP contribution in [0.25, 0.3) is 0 Å². The lowest BCUT2D eigenvalue weighted by Crippen LogP contribution is -2.34. The molecule has 0 atom stereocenters. The number of benzene rings is 1. The van der Waals surface area contributed by atoms with Crippen molar-refractivity contribution in [2.24, 2.45) is 0 Å². The van der Waals surface area contributed by atoms with E-state index in [0.29, 0.717) is 0 Å². The molecule has 142 valence electrons. The fourth-order valence-corrected chi connectivity index (χ4v) is 1.80. The predicted octanol–water partition coefficient (Wildman–Crippen LogP) is 3.03. The number of hydrogen-bond acceptors (Lipinski definition) is 5. The number of carbonyl (C=O) groups excluding carboxylic acids is 1. The number of hydrogen-bond donors (Lipinski definition) is 1. The largest absolute Gasteiger partial charge is 0.488 e. The van der Waals surface area contributed by atoms with Crippen molar-refractivity contribution in [3.8, 4) is 5.75 Å². The molecule has 8 heteroatoms. The zero-order valence-corrected chi connectivity index (χ0v) is 15.0. The topological polar surface area (TPSA) is 66.0 Å². The van der Waals surface area contributed by atoms with E-state index >= 15 is 0 Å². The van der Waals surface area contributed by atoms with Crippen molar-refractivity contribution in [3.05, 3.63) is 29.3 Å². The molecule has 1 rings (SSSR count). The summed E-state index contributed by atoms with van der Waals surface area (Å²) in [7, 11) is 1.40. The van der Waals surface area contributed by atoms with Gasteiger partial charge < -0.3 is 24.3 Å². The van der Waals surface area contributed by atoms with Crippen LogP contribution in [0, 0.1) is 11.6 Å². The van der Waals surface area contributed by atoms with Crippen LogP contribution in [0.5, 0.6) is 5.75 Å². The van der Waals surface area contributed by atoms with E-state index in [1.54, 1.807) is 20.8 Å². The van der Waals surface area contributed by atoms with E-state index in [9.17, 15) is 13.6 Å². The minimum absolute atomic E-state index is 0.0171. The van der Waals surface area contributed by atoms with Crippen LogP contribution in [-0.4, -0.2) is 45.2 Å². The van der Waals surface area contributed by atoms with E-state index in [4.69, 9.17) is 18.9 Å². The Kier molecular flexibility index (Phi) is 8.57. The molecular weight excluding hydrogens is 336 g/mol. The molecule has 0 aliphatic carbocycles. The molecule has 0 saturated carbocycles. The Labute approximate surface area is 146 Å². The molecule has 0 fully saturated rings. The van der Waals surface area contributed by atoms with Gasteiger partial charge in [0.05, 0.1) is 19.8 Å². The molecule has 0 aliphatic heterocycles. The van der Waals surface area contributed by atoms with Crippen LogP contribution >= 0.6 is 0 Å². The Morgan fingerprint density at radius 3 is 2.48 bits per heavy atom. The third kappa shape index (κ3) is 8.13. The van der Waals surface area contributed by atoms with Gasteiger partial charge in [-0.3, -0.25) is 0 Å². The molecule has 6 nitrogen and oxygen atoms in total. The van der Waals surface area contributed by atoms with Gasteiger partial charge >= 0.3 is 6.09 Å². The van der Waals surface area contributed by atoms with Crippen molar-refractivity contribution in [3.63, 3.8) is 0 Å². The highest BCUT2D eigenvalue weighted by molar-refractivity contribution is 5.67. The van der Waals surface area contributed by atoms with Gasteiger partial charge in [0.15, 0.2) is 11.6 Å². The maximum atomic E-state index is 13.8. The van der Waals surface area contributed by atoms with E-state index in [1.165, 1.54) is 19.2 Å². The summed E-state index contributed by atoms with van der Waals surface area (Å²) in [6.07, 6.45) is -0.527. The van der Waals surface area contributed by atoms with Crippen molar-refractivity contribution in [2.75, 3.05) is 33.5 Å². The van der Waals surface area contributed by atoms with Crippen LogP contribution in [0.4, 0.5) is 13.6 Å². The van der Waals surface area contributed by atoms with Gasteiger partial charge in [0, 0.05) is 19.2 Å². The lowest BCUT2D eigenvalue weighted by Gasteiger charge is -2.19. The number of halogens is 2. The minimum Gasteiger partial charge on any atom is -0.488 e. The zero-order chi connectivity index (χ0) is 18.9. The smallest absolute Gasteiger partial charge is 0.407 e. The van der Waals surface area contributed by atoms with Crippen molar-refractivity contribution >= 4 is 6.09 Å².